The van der Waals surface area contributed by atoms with E-state index in [0.717, 1.165) is 5.69 Å². The summed E-state index contributed by atoms with van der Waals surface area (Å²) >= 11 is 0. The summed E-state index contributed by atoms with van der Waals surface area (Å²) in [6.45, 7) is 2.59. The molecule has 1 unspecified atom stereocenters. The summed E-state index contributed by atoms with van der Waals surface area (Å²) in [5, 5.41) is 0. The predicted octanol–water partition coefficient (Wildman–Crippen LogP) is 2.38. The fourth-order valence-electron chi connectivity index (χ4n) is 1.90. The van der Waals surface area contributed by atoms with Crippen molar-refractivity contribution in [3.8, 4) is 0 Å². The van der Waals surface area contributed by atoms with E-state index >= 15 is 0 Å². The first-order valence-electron chi connectivity index (χ1n) is 5.43. The molecule has 17 heavy (non-hydrogen) atoms. The lowest BCUT2D eigenvalue weighted by molar-refractivity contribution is -0.106. The fourth-order valence-corrected chi connectivity index (χ4v) is 1.90. The van der Waals surface area contributed by atoms with Gasteiger partial charge in [-0.25, -0.2) is 8.78 Å². The number of hydrogen-bond acceptors (Lipinski definition) is 3. The van der Waals surface area contributed by atoms with Crippen molar-refractivity contribution in [3.63, 3.8) is 0 Å². The molecule has 0 aliphatic carbocycles. The number of likely N-dealkylation sites (tertiary alicyclic amines) is 1. The van der Waals surface area contributed by atoms with Crippen LogP contribution in [0, 0.1) is 5.92 Å². The molecule has 2 rings (SSSR count). The van der Waals surface area contributed by atoms with Gasteiger partial charge >= 0.3 is 0 Å². The summed E-state index contributed by atoms with van der Waals surface area (Å²) in [6, 6.07) is 0. The Bertz CT molecular complexity index is 348. The first-order valence-corrected chi connectivity index (χ1v) is 5.43. The number of halogens is 3. The Labute approximate surface area is 106 Å². The maximum Gasteiger partial charge on any atom is 0.263 e. The fraction of sp³-hybridized carbons (Fsp3) is 0.636. The average Bonchev–Trinajstić information content (AvgIpc) is 2.25. The first-order chi connectivity index (χ1) is 7.58. The number of rotatable bonds is 2. The molecule has 6 heteroatoms. The summed E-state index contributed by atoms with van der Waals surface area (Å²) in [5.74, 6) is -3.11. The van der Waals surface area contributed by atoms with E-state index in [2.05, 4.69) is 9.97 Å². The Morgan fingerprint density at radius 1 is 1.47 bits per heavy atom. The van der Waals surface area contributed by atoms with Crippen LogP contribution in [0.1, 0.15) is 19.0 Å². The van der Waals surface area contributed by atoms with Crippen LogP contribution >= 0.6 is 12.4 Å². The molecule has 1 saturated heterocycles. The standard InChI is InChI=1S/C11H15F2N3.ClH/c1-9-2-5-16(8-11(9,12)13)7-10-6-14-3-4-15-10;/h3-4,6,9H,2,5,7-8H2,1H3;1H. The maximum absolute atomic E-state index is 13.5. The van der Waals surface area contributed by atoms with E-state index in [-0.39, 0.29) is 19.0 Å². The minimum absolute atomic E-state index is 0. The molecule has 1 aliphatic rings. The van der Waals surface area contributed by atoms with Crippen molar-refractivity contribution in [3.05, 3.63) is 24.3 Å². The highest BCUT2D eigenvalue weighted by Gasteiger charge is 2.41. The van der Waals surface area contributed by atoms with Gasteiger partial charge in [-0.05, 0) is 13.0 Å². The van der Waals surface area contributed by atoms with Gasteiger partial charge in [0.1, 0.15) is 0 Å². The molecular formula is C11H16ClF2N3. The highest BCUT2D eigenvalue weighted by atomic mass is 35.5. The Kier molecular flexibility index (Phi) is 4.77. The van der Waals surface area contributed by atoms with Crippen molar-refractivity contribution >= 4 is 12.4 Å². The van der Waals surface area contributed by atoms with Gasteiger partial charge in [-0.15, -0.1) is 12.4 Å². The van der Waals surface area contributed by atoms with E-state index < -0.39 is 11.8 Å². The molecule has 1 atom stereocenters. The molecule has 0 bridgehead atoms. The number of hydrogen-bond donors (Lipinski definition) is 0. The molecule has 0 N–H and O–H groups in total. The Morgan fingerprint density at radius 3 is 2.82 bits per heavy atom. The Hall–Kier alpha value is -0.810. The molecule has 3 nitrogen and oxygen atoms in total. The zero-order chi connectivity index (χ0) is 11.6. The molecule has 0 amide bonds. The maximum atomic E-state index is 13.5. The van der Waals surface area contributed by atoms with Crippen LogP contribution in [0.4, 0.5) is 8.78 Å². The van der Waals surface area contributed by atoms with Crippen LogP contribution in [0.5, 0.6) is 0 Å². The largest absolute Gasteiger partial charge is 0.292 e. The SMILES string of the molecule is CC1CCN(Cc2cnccn2)CC1(F)F.Cl. The van der Waals surface area contributed by atoms with Crippen LogP contribution < -0.4 is 0 Å². The monoisotopic (exact) mass is 263 g/mol. The molecule has 0 radical (unpaired) electrons. The number of nitrogens with zero attached hydrogens (tertiary/aromatic N) is 3. The minimum Gasteiger partial charge on any atom is -0.292 e. The van der Waals surface area contributed by atoms with E-state index in [1.54, 1.807) is 30.4 Å². The first kappa shape index (κ1) is 14.3. The summed E-state index contributed by atoms with van der Waals surface area (Å²) in [7, 11) is 0. The van der Waals surface area contributed by atoms with Crippen molar-refractivity contribution in [2.45, 2.75) is 25.8 Å². The average molecular weight is 264 g/mol. The van der Waals surface area contributed by atoms with E-state index in [9.17, 15) is 8.78 Å². The van der Waals surface area contributed by atoms with Crippen LogP contribution in [0.15, 0.2) is 18.6 Å². The molecule has 2 heterocycles. The zero-order valence-corrected chi connectivity index (χ0v) is 10.5. The van der Waals surface area contributed by atoms with Gasteiger partial charge in [-0.3, -0.25) is 14.9 Å². The van der Waals surface area contributed by atoms with Gasteiger partial charge in [-0.1, -0.05) is 6.92 Å². The zero-order valence-electron chi connectivity index (χ0n) is 9.64. The molecule has 1 fully saturated rings. The smallest absolute Gasteiger partial charge is 0.263 e. The Balaban J connectivity index is 0.00000144. The van der Waals surface area contributed by atoms with Crippen LogP contribution in [-0.2, 0) is 6.54 Å². The van der Waals surface area contributed by atoms with Gasteiger partial charge in [0.2, 0.25) is 0 Å². The molecule has 1 aromatic heterocycles. The van der Waals surface area contributed by atoms with Gasteiger partial charge in [0.15, 0.2) is 0 Å². The van der Waals surface area contributed by atoms with Crippen molar-refractivity contribution in [2.24, 2.45) is 5.92 Å². The van der Waals surface area contributed by atoms with Crippen molar-refractivity contribution < 1.29 is 8.78 Å². The van der Waals surface area contributed by atoms with Crippen LogP contribution in [-0.4, -0.2) is 33.9 Å². The van der Waals surface area contributed by atoms with E-state index in [1.807, 2.05) is 0 Å². The molecular weight excluding hydrogens is 248 g/mol. The summed E-state index contributed by atoms with van der Waals surface area (Å²) in [5.41, 5.74) is 0.743. The molecule has 0 spiro atoms. The van der Waals surface area contributed by atoms with Gasteiger partial charge in [-0.2, -0.15) is 0 Å². The molecule has 0 aromatic carbocycles. The van der Waals surface area contributed by atoms with Crippen molar-refractivity contribution in [1.82, 2.24) is 14.9 Å². The number of piperidine rings is 1. The van der Waals surface area contributed by atoms with Gasteiger partial charge in [0.25, 0.3) is 5.92 Å². The molecule has 1 aromatic rings. The molecule has 0 saturated carbocycles. The van der Waals surface area contributed by atoms with Crippen LogP contribution in [0.3, 0.4) is 0 Å². The topological polar surface area (TPSA) is 29.0 Å². The second kappa shape index (κ2) is 5.69. The predicted molar refractivity (Wildman–Crippen MR) is 63.3 cm³/mol. The highest BCUT2D eigenvalue weighted by Crippen LogP contribution is 2.32. The van der Waals surface area contributed by atoms with E-state index in [4.69, 9.17) is 0 Å². The third-order valence-corrected chi connectivity index (χ3v) is 3.04. The number of aromatic nitrogens is 2. The van der Waals surface area contributed by atoms with Crippen LogP contribution in [0.25, 0.3) is 0 Å². The normalized spacial score (nSPS) is 24.1. The van der Waals surface area contributed by atoms with Gasteiger partial charge < -0.3 is 0 Å². The van der Waals surface area contributed by atoms with Crippen molar-refractivity contribution in [2.75, 3.05) is 13.1 Å². The summed E-state index contributed by atoms with van der Waals surface area (Å²) < 4.78 is 26.9. The van der Waals surface area contributed by atoms with Crippen molar-refractivity contribution in [1.29, 1.82) is 0 Å². The van der Waals surface area contributed by atoms with Gasteiger partial charge in [0.05, 0.1) is 12.2 Å². The van der Waals surface area contributed by atoms with Crippen LogP contribution in [0.2, 0.25) is 0 Å². The number of alkyl halides is 2. The minimum atomic E-state index is -2.58. The van der Waals surface area contributed by atoms with E-state index in [1.165, 1.54) is 0 Å². The lowest BCUT2D eigenvalue weighted by Gasteiger charge is -2.36. The Morgan fingerprint density at radius 2 is 2.24 bits per heavy atom. The highest BCUT2D eigenvalue weighted by molar-refractivity contribution is 5.85. The lowest BCUT2D eigenvalue weighted by atomic mass is 9.95. The molecule has 1 aliphatic heterocycles. The third kappa shape index (κ3) is 3.57. The third-order valence-electron chi connectivity index (χ3n) is 3.04. The van der Waals surface area contributed by atoms with E-state index in [0.29, 0.717) is 19.5 Å². The molecule has 96 valence electrons. The van der Waals surface area contributed by atoms with Gasteiger partial charge in [0, 0.05) is 31.1 Å². The second-order valence-electron chi connectivity index (χ2n) is 4.36. The lowest BCUT2D eigenvalue weighted by Crippen LogP contribution is -2.47. The summed E-state index contributed by atoms with van der Waals surface area (Å²) in [4.78, 5) is 9.76. The summed E-state index contributed by atoms with van der Waals surface area (Å²) in [6.07, 6.45) is 5.32. The quantitative estimate of drug-likeness (QED) is 0.820. The second-order valence-corrected chi connectivity index (χ2v) is 4.36.